The Morgan fingerprint density at radius 1 is 1.07 bits per heavy atom. The first-order chi connectivity index (χ1) is 13.2. The molecular weight excluding hydrogens is 363 g/mol. The third kappa shape index (κ3) is 4.94. The van der Waals surface area contributed by atoms with Crippen molar-refractivity contribution in [1.29, 1.82) is 0 Å². The molecule has 0 aliphatic rings. The third-order valence-electron chi connectivity index (χ3n) is 4.26. The highest BCUT2D eigenvalue weighted by molar-refractivity contribution is 6.02. The predicted molar refractivity (Wildman–Crippen MR) is 104 cm³/mol. The normalized spacial score (nSPS) is 11.6. The molecule has 2 rings (SSSR count). The molecule has 148 valence electrons. The lowest BCUT2D eigenvalue weighted by Gasteiger charge is -2.22. The van der Waals surface area contributed by atoms with Gasteiger partial charge in [0.2, 0.25) is 5.91 Å². The number of rotatable bonds is 6. The molecule has 0 fully saturated rings. The number of carbonyl (C=O) groups excluding carboxylic acids is 3. The molecule has 2 amide bonds. The molecule has 6 nitrogen and oxygen atoms in total. The second kappa shape index (κ2) is 9.12. The van der Waals surface area contributed by atoms with Crippen LogP contribution in [0, 0.1) is 18.7 Å². The first-order valence-electron chi connectivity index (χ1n) is 8.79. The van der Waals surface area contributed by atoms with Crippen molar-refractivity contribution in [2.45, 2.75) is 26.8 Å². The second-order valence-corrected chi connectivity index (χ2v) is 6.69. The summed E-state index contributed by atoms with van der Waals surface area (Å²) in [5.41, 5.74) is 1.41. The number of hydrogen-bond donors (Lipinski definition) is 2. The lowest BCUT2D eigenvalue weighted by molar-refractivity contribution is -0.118. The van der Waals surface area contributed by atoms with Crippen molar-refractivity contribution >= 4 is 23.5 Å². The van der Waals surface area contributed by atoms with Crippen LogP contribution in [0.2, 0.25) is 0 Å². The lowest BCUT2D eigenvalue weighted by Crippen LogP contribution is -2.47. The van der Waals surface area contributed by atoms with Crippen molar-refractivity contribution in [3.05, 3.63) is 65.0 Å². The molecule has 0 aliphatic carbocycles. The molecule has 28 heavy (non-hydrogen) atoms. The zero-order valence-corrected chi connectivity index (χ0v) is 16.2. The van der Waals surface area contributed by atoms with Crippen LogP contribution >= 0.6 is 0 Å². The molecule has 0 heterocycles. The van der Waals surface area contributed by atoms with E-state index in [4.69, 9.17) is 0 Å². The first-order valence-corrected chi connectivity index (χ1v) is 8.79. The molecule has 0 spiro atoms. The van der Waals surface area contributed by atoms with Crippen LogP contribution in [0.4, 0.5) is 10.1 Å². The minimum Gasteiger partial charge on any atom is -0.465 e. The molecule has 7 heteroatoms. The van der Waals surface area contributed by atoms with Crippen molar-refractivity contribution in [3.63, 3.8) is 0 Å². The van der Waals surface area contributed by atoms with Crippen LogP contribution in [-0.2, 0) is 9.53 Å². The number of carbonyl (C=O) groups is 3. The fourth-order valence-corrected chi connectivity index (χ4v) is 2.66. The molecular formula is C21H23FN2O4. The van der Waals surface area contributed by atoms with Crippen LogP contribution in [-0.4, -0.2) is 30.9 Å². The van der Waals surface area contributed by atoms with E-state index in [2.05, 4.69) is 15.4 Å². The molecule has 2 aromatic rings. The molecule has 0 bridgehead atoms. The highest BCUT2D eigenvalue weighted by atomic mass is 19.1. The summed E-state index contributed by atoms with van der Waals surface area (Å²) in [4.78, 5) is 36.7. The Bertz CT molecular complexity index is 896. The quantitative estimate of drug-likeness (QED) is 0.746. The van der Waals surface area contributed by atoms with Gasteiger partial charge in [-0.3, -0.25) is 9.59 Å². The number of halogens is 1. The number of hydrogen-bond acceptors (Lipinski definition) is 4. The van der Waals surface area contributed by atoms with Crippen LogP contribution in [0.3, 0.4) is 0 Å². The molecule has 2 N–H and O–H groups in total. The number of anilines is 1. The van der Waals surface area contributed by atoms with Gasteiger partial charge in [0, 0.05) is 5.69 Å². The van der Waals surface area contributed by atoms with Crippen LogP contribution in [0.25, 0.3) is 0 Å². The number of ether oxygens (including phenoxy) is 1. The van der Waals surface area contributed by atoms with Gasteiger partial charge in [-0.1, -0.05) is 26.0 Å². The maximum atomic E-state index is 13.8. The summed E-state index contributed by atoms with van der Waals surface area (Å²) in [7, 11) is 1.29. The first kappa shape index (κ1) is 21.1. The molecule has 0 saturated carbocycles. The number of nitrogens with one attached hydrogen (secondary N) is 2. The summed E-state index contributed by atoms with van der Waals surface area (Å²) in [5, 5.41) is 5.33. The van der Waals surface area contributed by atoms with Gasteiger partial charge in [0.1, 0.15) is 11.9 Å². The molecule has 0 aromatic heterocycles. The van der Waals surface area contributed by atoms with Crippen LogP contribution < -0.4 is 10.6 Å². The van der Waals surface area contributed by atoms with E-state index in [-0.39, 0.29) is 11.5 Å². The fraction of sp³-hybridized carbons (Fsp3) is 0.286. The Morgan fingerprint density at radius 3 is 2.32 bits per heavy atom. The maximum Gasteiger partial charge on any atom is 0.337 e. The van der Waals surface area contributed by atoms with E-state index >= 15 is 0 Å². The fourth-order valence-electron chi connectivity index (χ4n) is 2.66. The van der Waals surface area contributed by atoms with Crippen molar-refractivity contribution in [2.75, 3.05) is 12.4 Å². The van der Waals surface area contributed by atoms with Gasteiger partial charge in [0.05, 0.1) is 18.2 Å². The van der Waals surface area contributed by atoms with Crippen molar-refractivity contribution in [2.24, 2.45) is 5.92 Å². The SMILES string of the molecule is COC(=O)c1ccc(NC(=O)[C@H](NC(=O)c2ccccc2F)C(C)C)c(C)c1. The van der Waals surface area contributed by atoms with E-state index < -0.39 is 29.6 Å². The summed E-state index contributed by atoms with van der Waals surface area (Å²) in [6, 6.07) is 9.44. The van der Waals surface area contributed by atoms with Crippen LogP contribution in [0.15, 0.2) is 42.5 Å². The van der Waals surface area contributed by atoms with E-state index in [1.165, 1.54) is 31.4 Å². The number of esters is 1. The molecule has 2 aromatic carbocycles. The third-order valence-corrected chi connectivity index (χ3v) is 4.26. The van der Waals surface area contributed by atoms with E-state index in [1.807, 2.05) is 0 Å². The summed E-state index contributed by atoms with van der Waals surface area (Å²) < 4.78 is 18.5. The number of benzene rings is 2. The van der Waals surface area contributed by atoms with Crippen molar-refractivity contribution in [3.8, 4) is 0 Å². The van der Waals surface area contributed by atoms with E-state index in [1.54, 1.807) is 39.0 Å². The van der Waals surface area contributed by atoms with Gasteiger partial charge in [0.25, 0.3) is 5.91 Å². The Morgan fingerprint density at radius 2 is 1.75 bits per heavy atom. The van der Waals surface area contributed by atoms with E-state index in [0.717, 1.165) is 0 Å². The second-order valence-electron chi connectivity index (χ2n) is 6.69. The zero-order valence-electron chi connectivity index (χ0n) is 16.2. The van der Waals surface area contributed by atoms with Gasteiger partial charge in [0.15, 0.2) is 0 Å². The Hall–Kier alpha value is -3.22. The zero-order chi connectivity index (χ0) is 20.8. The Balaban J connectivity index is 2.16. The Kier molecular flexibility index (Phi) is 6.87. The van der Waals surface area contributed by atoms with Crippen molar-refractivity contribution in [1.82, 2.24) is 5.32 Å². The van der Waals surface area contributed by atoms with E-state index in [0.29, 0.717) is 16.8 Å². The van der Waals surface area contributed by atoms with Gasteiger partial charge in [-0.2, -0.15) is 0 Å². The van der Waals surface area contributed by atoms with Gasteiger partial charge in [-0.15, -0.1) is 0 Å². The Labute approximate surface area is 163 Å². The number of methoxy groups -OCH3 is 1. The molecule has 0 saturated heterocycles. The minimum atomic E-state index is -0.869. The molecule has 0 aliphatic heterocycles. The summed E-state index contributed by atoms with van der Waals surface area (Å²) in [6.07, 6.45) is 0. The molecule has 0 unspecified atom stereocenters. The number of aryl methyl sites for hydroxylation is 1. The summed E-state index contributed by atoms with van der Waals surface area (Å²) in [6.45, 7) is 5.29. The lowest BCUT2D eigenvalue weighted by atomic mass is 10.0. The van der Waals surface area contributed by atoms with Gasteiger partial charge < -0.3 is 15.4 Å². The van der Waals surface area contributed by atoms with Gasteiger partial charge in [-0.05, 0) is 48.7 Å². The average Bonchev–Trinajstić information content (AvgIpc) is 2.66. The summed E-state index contributed by atoms with van der Waals surface area (Å²) >= 11 is 0. The largest absolute Gasteiger partial charge is 0.465 e. The average molecular weight is 386 g/mol. The highest BCUT2D eigenvalue weighted by Crippen LogP contribution is 2.18. The van der Waals surface area contributed by atoms with Crippen LogP contribution in [0.1, 0.15) is 40.1 Å². The van der Waals surface area contributed by atoms with Gasteiger partial charge in [-0.25, -0.2) is 9.18 Å². The summed E-state index contributed by atoms with van der Waals surface area (Å²) in [5.74, 6) is -2.46. The molecule has 1 atom stereocenters. The number of amides is 2. The minimum absolute atomic E-state index is 0.125. The van der Waals surface area contributed by atoms with Crippen LogP contribution in [0.5, 0.6) is 0 Å². The topological polar surface area (TPSA) is 84.5 Å². The monoisotopic (exact) mass is 386 g/mol. The predicted octanol–water partition coefficient (Wildman–Crippen LogP) is 3.31. The smallest absolute Gasteiger partial charge is 0.337 e. The highest BCUT2D eigenvalue weighted by Gasteiger charge is 2.26. The van der Waals surface area contributed by atoms with Gasteiger partial charge >= 0.3 is 5.97 Å². The van der Waals surface area contributed by atoms with E-state index in [9.17, 15) is 18.8 Å². The standard InChI is InChI=1S/C21H23FN2O4/c1-12(2)18(24-19(25)15-7-5-6-8-16(15)22)20(26)23-17-10-9-14(11-13(17)3)21(27)28-4/h5-12,18H,1-4H3,(H,23,26)(H,24,25)/t18-/m1/s1. The molecule has 0 radical (unpaired) electrons. The maximum absolute atomic E-state index is 13.8. The van der Waals surface area contributed by atoms with Crippen molar-refractivity contribution < 1.29 is 23.5 Å².